The van der Waals surface area contributed by atoms with Gasteiger partial charge in [-0.25, -0.2) is 0 Å². The van der Waals surface area contributed by atoms with Gasteiger partial charge in [0, 0.05) is 6.42 Å². The van der Waals surface area contributed by atoms with Crippen LogP contribution in [0.15, 0.2) is 22.7 Å². The van der Waals surface area contributed by atoms with Gasteiger partial charge in [0.15, 0.2) is 0 Å². The fraction of sp³-hybridized carbons (Fsp3) is 0.647. The maximum absolute atomic E-state index is 10.9. The summed E-state index contributed by atoms with van der Waals surface area (Å²) in [5.41, 5.74) is 0.979. The van der Waals surface area contributed by atoms with Crippen LogP contribution in [-0.4, -0.2) is 17.8 Å². The third kappa shape index (κ3) is 3.98. The average Bonchev–Trinajstić information content (AvgIpc) is 2.49. The molecule has 0 bridgehead atoms. The van der Waals surface area contributed by atoms with E-state index in [9.17, 15) is 5.11 Å². The Morgan fingerprint density at radius 3 is 2.60 bits per heavy atom. The lowest BCUT2D eigenvalue weighted by molar-refractivity contribution is 0.0226. The molecule has 1 unspecified atom stereocenters. The maximum atomic E-state index is 10.9. The van der Waals surface area contributed by atoms with Crippen LogP contribution in [0.25, 0.3) is 0 Å². The number of hydrogen-bond acceptors (Lipinski definition) is 2. The van der Waals surface area contributed by atoms with Crippen LogP contribution < -0.4 is 4.74 Å². The highest BCUT2D eigenvalue weighted by molar-refractivity contribution is 9.10. The van der Waals surface area contributed by atoms with E-state index in [2.05, 4.69) is 41.9 Å². The smallest absolute Gasteiger partial charge is 0.133 e. The van der Waals surface area contributed by atoms with Crippen LogP contribution in [0.5, 0.6) is 5.75 Å². The van der Waals surface area contributed by atoms with Crippen molar-refractivity contribution < 1.29 is 9.84 Å². The minimum atomic E-state index is -0.554. The minimum absolute atomic E-state index is 0.366. The van der Waals surface area contributed by atoms with E-state index in [4.69, 9.17) is 4.74 Å². The normalized spacial score (nSPS) is 26.1. The van der Waals surface area contributed by atoms with Gasteiger partial charge in [0.25, 0.3) is 0 Å². The van der Waals surface area contributed by atoms with Crippen LogP contribution in [0.4, 0.5) is 0 Å². The van der Waals surface area contributed by atoms with E-state index in [0.29, 0.717) is 5.41 Å². The summed E-state index contributed by atoms with van der Waals surface area (Å²) in [4.78, 5) is 0. The molecule has 0 aromatic heterocycles. The molecule has 0 aliphatic heterocycles. The standard InChI is InChI=1S/C17H25BrO2/c1-16(2)7-4-8-17(19,10-9-16)12-13-5-6-15(20-3)14(18)11-13/h5-6,11,19H,4,7-10,12H2,1-3H3. The molecule has 1 atom stereocenters. The van der Waals surface area contributed by atoms with Gasteiger partial charge in [-0.05, 0) is 64.7 Å². The molecule has 0 radical (unpaired) electrons. The van der Waals surface area contributed by atoms with Gasteiger partial charge in [-0.3, -0.25) is 0 Å². The van der Waals surface area contributed by atoms with Crippen molar-refractivity contribution in [3.8, 4) is 5.75 Å². The molecule has 0 spiro atoms. The number of hydrogen-bond donors (Lipinski definition) is 1. The third-order valence-electron chi connectivity index (χ3n) is 4.51. The fourth-order valence-electron chi connectivity index (χ4n) is 3.09. The van der Waals surface area contributed by atoms with E-state index < -0.39 is 5.60 Å². The number of methoxy groups -OCH3 is 1. The Morgan fingerprint density at radius 1 is 1.20 bits per heavy atom. The quantitative estimate of drug-likeness (QED) is 0.806. The van der Waals surface area contributed by atoms with Crippen molar-refractivity contribution in [2.75, 3.05) is 7.11 Å². The first-order valence-corrected chi connectivity index (χ1v) is 8.18. The van der Waals surface area contributed by atoms with E-state index in [0.717, 1.165) is 42.3 Å². The van der Waals surface area contributed by atoms with Gasteiger partial charge in [0.2, 0.25) is 0 Å². The third-order valence-corrected chi connectivity index (χ3v) is 5.13. The Morgan fingerprint density at radius 2 is 1.95 bits per heavy atom. The summed E-state index contributed by atoms with van der Waals surface area (Å²) in [7, 11) is 1.67. The van der Waals surface area contributed by atoms with Crippen LogP contribution >= 0.6 is 15.9 Å². The van der Waals surface area contributed by atoms with Crippen molar-refractivity contribution in [1.82, 2.24) is 0 Å². The minimum Gasteiger partial charge on any atom is -0.496 e. The molecular weight excluding hydrogens is 316 g/mol. The zero-order valence-electron chi connectivity index (χ0n) is 12.7. The molecule has 1 aromatic carbocycles. The number of benzene rings is 1. The highest BCUT2D eigenvalue weighted by atomic mass is 79.9. The van der Waals surface area contributed by atoms with Crippen LogP contribution in [0.2, 0.25) is 0 Å². The van der Waals surface area contributed by atoms with Crippen LogP contribution in [0, 0.1) is 5.41 Å². The Balaban J connectivity index is 2.10. The topological polar surface area (TPSA) is 29.5 Å². The largest absolute Gasteiger partial charge is 0.496 e. The first-order valence-electron chi connectivity index (χ1n) is 7.38. The van der Waals surface area contributed by atoms with E-state index in [-0.39, 0.29) is 0 Å². The molecule has 1 aliphatic rings. The monoisotopic (exact) mass is 340 g/mol. The predicted octanol–water partition coefficient (Wildman–Crippen LogP) is 4.72. The first kappa shape index (κ1) is 15.8. The lowest BCUT2D eigenvalue weighted by Gasteiger charge is -2.28. The molecule has 1 saturated carbocycles. The van der Waals surface area contributed by atoms with Gasteiger partial charge < -0.3 is 9.84 Å². The Kier molecular flexibility index (Phi) is 4.80. The molecular formula is C17H25BrO2. The summed E-state index contributed by atoms with van der Waals surface area (Å²) < 4.78 is 6.21. The fourth-order valence-corrected chi connectivity index (χ4v) is 3.68. The van der Waals surface area contributed by atoms with Gasteiger partial charge in [-0.2, -0.15) is 0 Å². The van der Waals surface area contributed by atoms with Crippen molar-refractivity contribution in [3.05, 3.63) is 28.2 Å². The van der Waals surface area contributed by atoms with Crippen LogP contribution in [0.3, 0.4) is 0 Å². The Labute approximate surface area is 130 Å². The van der Waals surface area contributed by atoms with Crippen LogP contribution in [0.1, 0.15) is 51.5 Å². The van der Waals surface area contributed by atoms with Crippen molar-refractivity contribution in [2.45, 2.75) is 58.0 Å². The molecule has 2 nitrogen and oxygen atoms in total. The molecule has 0 saturated heterocycles. The number of halogens is 1. The zero-order valence-corrected chi connectivity index (χ0v) is 14.3. The number of aliphatic hydroxyl groups is 1. The molecule has 0 amide bonds. The van der Waals surface area contributed by atoms with Crippen molar-refractivity contribution in [3.63, 3.8) is 0 Å². The molecule has 112 valence electrons. The lowest BCUT2D eigenvalue weighted by atomic mass is 9.83. The molecule has 20 heavy (non-hydrogen) atoms. The van der Waals surface area contributed by atoms with Crippen molar-refractivity contribution >= 4 is 15.9 Å². The second kappa shape index (κ2) is 6.07. The first-order chi connectivity index (χ1) is 9.34. The van der Waals surface area contributed by atoms with Crippen molar-refractivity contribution in [2.24, 2.45) is 5.41 Å². The van der Waals surface area contributed by atoms with Gasteiger partial charge >= 0.3 is 0 Å². The molecule has 1 N–H and O–H groups in total. The second-order valence-electron chi connectivity index (χ2n) is 6.89. The molecule has 1 aromatic rings. The van der Waals surface area contributed by atoms with Crippen molar-refractivity contribution in [1.29, 1.82) is 0 Å². The SMILES string of the molecule is COc1ccc(CC2(O)CCCC(C)(C)CC2)cc1Br. The highest BCUT2D eigenvalue weighted by Gasteiger charge is 2.33. The van der Waals surface area contributed by atoms with E-state index in [1.165, 1.54) is 12.0 Å². The number of rotatable bonds is 3. The highest BCUT2D eigenvalue weighted by Crippen LogP contribution is 2.39. The summed E-state index contributed by atoms with van der Waals surface area (Å²) >= 11 is 3.52. The van der Waals surface area contributed by atoms with Crippen LogP contribution in [-0.2, 0) is 6.42 Å². The Hall–Kier alpha value is -0.540. The predicted molar refractivity (Wildman–Crippen MR) is 86.2 cm³/mol. The molecule has 3 heteroatoms. The molecule has 1 aliphatic carbocycles. The number of ether oxygens (including phenoxy) is 1. The van der Waals surface area contributed by atoms with Gasteiger partial charge in [-0.15, -0.1) is 0 Å². The molecule has 2 rings (SSSR count). The Bertz CT molecular complexity index is 470. The summed E-state index contributed by atoms with van der Waals surface area (Å²) in [6.07, 6.45) is 5.94. The van der Waals surface area contributed by atoms with Gasteiger partial charge in [0.1, 0.15) is 5.75 Å². The van der Waals surface area contributed by atoms with E-state index in [1.807, 2.05) is 6.07 Å². The summed E-state index contributed by atoms with van der Waals surface area (Å²) in [5, 5.41) is 10.9. The average molecular weight is 341 g/mol. The summed E-state index contributed by atoms with van der Waals surface area (Å²) in [6, 6.07) is 6.08. The van der Waals surface area contributed by atoms with Gasteiger partial charge in [0.05, 0.1) is 17.2 Å². The van der Waals surface area contributed by atoms with Gasteiger partial charge in [-0.1, -0.05) is 26.3 Å². The summed E-state index contributed by atoms with van der Waals surface area (Å²) in [5.74, 6) is 0.836. The molecule has 1 fully saturated rings. The zero-order chi connectivity index (χ0) is 14.8. The lowest BCUT2D eigenvalue weighted by Crippen LogP contribution is -2.31. The summed E-state index contributed by atoms with van der Waals surface area (Å²) in [6.45, 7) is 4.62. The maximum Gasteiger partial charge on any atom is 0.133 e. The molecule has 0 heterocycles. The second-order valence-corrected chi connectivity index (χ2v) is 7.74. The van der Waals surface area contributed by atoms with E-state index >= 15 is 0 Å². The van der Waals surface area contributed by atoms with E-state index in [1.54, 1.807) is 7.11 Å².